The van der Waals surface area contributed by atoms with Crippen LogP contribution in [0, 0.1) is 0 Å². The van der Waals surface area contributed by atoms with Crippen molar-refractivity contribution in [1.29, 1.82) is 0 Å². The highest BCUT2D eigenvalue weighted by Crippen LogP contribution is 2.42. The predicted octanol–water partition coefficient (Wildman–Crippen LogP) is 15.8. The molecule has 0 N–H and O–H groups in total. The topological polar surface area (TPSA) is 21.3 Å². The van der Waals surface area contributed by atoms with Crippen LogP contribution >= 0.6 is 0 Å². The number of anilines is 2. The highest BCUT2D eigenvalue weighted by molar-refractivity contribution is 6.10. The second kappa shape index (κ2) is 15.6. The van der Waals surface area contributed by atoms with Gasteiger partial charge in [0.15, 0.2) is 0 Å². The summed E-state index contributed by atoms with van der Waals surface area (Å²) in [6.07, 6.45) is 15.2. The second-order valence-corrected chi connectivity index (χ2v) is 15.3. The fourth-order valence-corrected chi connectivity index (χ4v) is 8.78. The molecule has 10 aromatic rings. The third-order valence-electron chi connectivity index (χ3n) is 11.7. The zero-order chi connectivity index (χ0) is 40.5. The fourth-order valence-electron chi connectivity index (χ4n) is 8.78. The lowest BCUT2D eigenvalue weighted by atomic mass is 9.98. The van der Waals surface area contributed by atoms with Crippen LogP contribution in [0.3, 0.4) is 0 Å². The number of fused-ring (bicyclic) bond motifs is 8. The quantitative estimate of drug-likeness (QED) is 0.168. The van der Waals surface area contributed by atoms with Crippen molar-refractivity contribution in [3.8, 4) is 39.3 Å². The summed E-state index contributed by atoms with van der Waals surface area (Å²) in [6, 6.07) is 71.1. The van der Waals surface area contributed by atoms with Crippen molar-refractivity contribution in [2.24, 2.45) is 0 Å². The van der Waals surface area contributed by atoms with Crippen LogP contribution in [0.2, 0.25) is 0 Å². The minimum absolute atomic E-state index is 0.849. The van der Waals surface area contributed by atoms with E-state index in [4.69, 9.17) is 4.42 Å². The Morgan fingerprint density at radius 1 is 0.410 bits per heavy atom. The van der Waals surface area contributed by atoms with Gasteiger partial charge in [0.05, 0.1) is 11.0 Å². The number of aromatic nitrogens is 1. The predicted molar refractivity (Wildman–Crippen MR) is 257 cm³/mol. The molecule has 0 atom stereocenters. The van der Waals surface area contributed by atoms with Crippen LogP contribution < -0.4 is 4.90 Å². The average Bonchev–Trinajstić information content (AvgIpc) is 3.86. The van der Waals surface area contributed by atoms with E-state index >= 15 is 0 Å². The minimum Gasteiger partial charge on any atom is -0.455 e. The van der Waals surface area contributed by atoms with Gasteiger partial charge in [0, 0.05) is 55.6 Å². The summed E-state index contributed by atoms with van der Waals surface area (Å²) in [6.45, 7) is 0. The van der Waals surface area contributed by atoms with E-state index < -0.39 is 0 Å². The van der Waals surface area contributed by atoms with E-state index in [1.54, 1.807) is 0 Å². The van der Waals surface area contributed by atoms with Gasteiger partial charge in [-0.05, 0) is 76.9 Å². The molecule has 0 fully saturated rings. The van der Waals surface area contributed by atoms with Crippen molar-refractivity contribution >= 4 is 56.3 Å². The molecular weight excluding hydrogens is 741 g/mol. The largest absolute Gasteiger partial charge is 0.455 e. The van der Waals surface area contributed by atoms with Gasteiger partial charge in [-0.3, -0.25) is 0 Å². The second-order valence-electron chi connectivity index (χ2n) is 15.3. The van der Waals surface area contributed by atoms with Gasteiger partial charge in [-0.25, -0.2) is 0 Å². The SMILES string of the molecule is C1=C\C=C(N(c2ccc(-c3ccccc3)cc2)c2ccc3c4ccccc4n(-c4ccccc4)c3c2)/C=C\c2ccccc2-c2oc3c(-c4ccccc4)cccc3c2/C=C/1. The van der Waals surface area contributed by atoms with Gasteiger partial charge < -0.3 is 13.9 Å². The molecule has 0 saturated carbocycles. The molecule has 0 unspecified atom stereocenters. The number of benzene rings is 8. The number of para-hydroxylation sites is 3. The molecule has 0 bridgehead atoms. The van der Waals surface area contributed by atoms with Crippen molar-refractivity contribution in [1.82, 2.24) is 4.57 Å². The van der Waals surface area contributed by atoms with Gasteiger partial charge in [-0.15, -0.1) is 0 Å². The molecule has 0 aliphatic heterocycles. The summed E-state index contributed by atoms with van der Waals surface area (Å²) in [7, 11) is 0. The lowest BCUT2D eigenvalue weighted by molar-refractivity contribution is 0.631. The molecule has 1 aliphatic carbocycles. The Hall–Kier alpha value is -8.14. The maximum atomic E-state index is 6.94. The Kier molecular flexibility index (Phi) is 9.18. The van der Waals surface area contributed by atoms with E-state index in [0.29, 0.717) is 0 Å². The zero-order valence-electron chi connectivity index (χ0n) is 33.4. The fraction of sp³-hybridized carbons (Fsp3) is 0. The summed E-state index contributed by atoms with van der Waals surface area (Å²) in [5.74, 6) is 0.849. The van der Waals surface area contributed by atoms with Gasteiger partial charge >= 0.3 is 0 Å². The molecule has 8 aromatic carbocycles. The summed E-state index contributed by atoms with van der Waals surface area (Å²) in [4.78, 5) is 2.36. The molecule has 2 aromatic heterocycles. The molecule has 3 nitrogen and oxygen atoms in total. The van der Waals surface area contributed by atoms with Crippen molar-refractivity contribution in [2.75, 3.05) is 4.90 Å². The highest BCUT2D eigenvalue weighted by Gasteiger charge is 2.21. The van der Waals surface area contributed by atoms with Gasteiger partial charge in [-0.1, -0.05) is 188 Å². The summed E-state index contributed by atoms with van der Waals surface area (Å²) < 4.78 is 9.32. The molecule has 0 spiro atoms. The minimum atomic E-state index is 0.849. The van der Waals surface area contributed by atoms with Crippen molar-refractivity contribution < 1.29 is 4.42 Å². The monoisotopic (exact) mass is 780 g/mol. The maximum absolute atomic E-state index is 6.94. The number of allylic oxidation sites excluding steroid dienone is 5. The smallest absolute Gasteiger partial charge is 0.143 e. The van der Waals surface area contributed by atoms with E-state index in [0.717, 1.165) is 72.8 Å². The van der Waals surface area contributed by atoms with Crippen molar-refractivity contribution in [3.63, 3.8) is 0 Å². The summed E-state index contributed by atoms with van der Waals surface area (Å²) in [5, 5.41) is 3.52. The Labute approximate surface area is 355 Å². The van der Waals surface area contributed by atoms with Crippen LogP contribution in [-0.2, 0) is 0 Å². The molecule has 11 rings (SSSR count). The first-order valence-corrected chi connectivity index (χ1v) is 20.8. The zero-order valence-corrected chi connectivity index (χ0v) is 33.4. The van der Waals surface area contributed by atoms with Gasteiger partial charge in [0.25, 0.3) is 0 Å². The lowest BCUT2D eigenvalue weighted by Crippen LogP contribution is -2.15. The third-order valence-corrected chi connectivity index (χ3v) is 11.7. The van der Waals surface area contributed by atoms with Gasteiger partial charge in [-0.2, -0.15) is 0 Å². The molecule has 1 aliphatic rings. The third kappa shape index (κ3) is 6.59. The van der Waals surface area contributed by atoms with E-state index in [9.17, 15) is 0 Å². The van der Waals surface area contributed by atoms with Crippen LogP contribution in [0.15, 0.2) is 241 Å². The van der Waals surface area contributed by atoms with Gasteiger partial charge in [0.2, 0.25) is 0 Å². The molecule has 288 valence electrons. The molecule has 0 radical (unpaired) electrons. The van der Waals surface area contributed by atoms with Crippen LogP contribution in [-0.4, -0.2) is 4.57 Å². The van der Waals surface area contributed by atoms with Crippen molar-refractivity contribution in [2.45, 2.75) is 0 Å². The number of rotatable bonds is 6. The molecule has 2 heterocycles. The normalized spacial score (nSPS) is 14.9. The molecule has 61 heavy (non-hydrogen) atoms. The van der Waals surface area contributed by atoms with Crippen molar-refractivity contribution in [3.05, 3.63) is 247 Å². The standard InChI is InChI=1S/C58H40N2O/c1-5-18-41(19-6-1)42-32-35-47(36-33-42)59(48-38-39-52-51-27-15-16-31-55(51)60(56(52)40-48)45-23-9-3-10-24-45)46-25-11-4-12-28-53-54-30-17-29-50(43-20-7-2-8-21-43)58(54)61-57(53)49-26-14-13-22-44(49)34-37-46/h1-40H/b11-4-,12-4?,25-11?,28-12+,37-34-,44-34?,46-25+,46-37?,53-28?,57-49?. The van der Waals surface area contributed by atoms with E-state index in [2.05, 4.69) is 246 Å². The molecule has 0 amide bonds. The number of nitrogens with zero attached hydrogens (tertiary/aromatic N) is 2. The number of furan rings is 1. The molecule has 3 heteroatoms. The number of hydrogen-bond acceptors (Lipinski definition) is 2. The Morgan fingerprint density at radius 2 is 1.05 bits per heavy atom. The first kappa shape index (κ1) is 36.0. The molecule has 0 saturated heterocycles. The van der Waals surface area contributed by atoms with E-state index in [-0.39, 0.29) is 0 Å². The maximum Gasteiger partial charge on any atom is 0.143 e. The first-order valence-electron chi connectivity index (χ1n) is 20.8. The Balaban J connectivity index is 1.09. The van der Waals surface area contributed by atoms with Crippen LogP contribution in [0.4, 0.5) is 11.4 Å². The van der Waals surface area contributed by atoms with E-state index in [1.807, 2.05) is 6.07 Å². The Bertz CT molecular complexity index is 3330. The Morgan fingerprint density at radius 3 is 1.87 bits per heavy atom. The van der Waals surface area contributed by atoms with Crippen LogP contribution in [0.25, 0.3) is 84.2 Å². The summed E-state index contributed by atoms with van der Waals surface area (Å²) >= 11 is 0. The average molecular weight is 781 g/mol. The summed E-state index contributed by atoms with van der Waals surface area (Å²) in [5.41, 5.74) is 15.2. The van der Waals surface area contributed by atoms with Crippen LogP contribution in [0.1, 0.15) is 11.1 Å². The van der Waals surface area contributed by atoms with Crippen LogP contribution in [0.5, 0.6) is 0 Å². The first-order chi connectivity index (χ1) is 30.3. The van der Waals surface area contributed by atoms with E-state index in [1.165, 1.54) is 27.4 Å². The van der Waals surface area contributed by atoms with Gasteiger partial charge in [0.1, 0.15) is 11.3 Å². The lowest BCUT2D eigenvalue weighted by Gasteiger charge is -2.27. The highest BCUT2D eigenvalue weighted by atomic mass is 16.3. The number of hydrogen-bond donors (Lipinski definition) is 0. The molecular formula is C58H40N2O.